The standard InChI is InChI=1S/C13H25N3O2.ClH/c1-15(2)13(18)9-16(3)12(17)8-10-6-4-5-7-11(10)14;/h10-11H,4-9,14H2,1-3H3;1H. The van der Waals surface area contributed by atoms with Crippen LogP contribution < -0.4 is 5.73 Å². The van der Waals surface area contributed by atoms with Gasteiger partial charge in [0.05, 0.1) is 6.54 Å². The number of halogens is 1. The highest BCUT2D eigenvalue weighted by Crippen LogP contribution is 2.26. The van der Waals surface area contributed by atoms with Crippen molar-refractivity contribution in [2.45, 2.75) is 38.1 Å². The van der Waals surface area contributed by atoms with Gasteiger partial charge in [-0.15, -0.1) is 12.4 Å². The van der Waals surface area contributed by atoms with Crippen LogP contribution in [0.5, 0.6) is 0 Å². The predicted molar refractivity (Wildman–Crippen MR) is 78.1 cm³/mol. The van der Waals surface area contributed by atoms with Crippen LogP contribution in [-0.4, -0.2) is 55.3 Å². The Hall–Kier alpha value is -0.810. The van der Waals surface area contributed by atoms with E-state index in [1.165, 1.54) is 16.2 Å². The molecule has 6 heteroatoms. The van der Waals surface area contributed by atoms with Crippen molar-refractivity contribution in [2.24, 2.45) is 11.7 Å². The maximum Gasteiger partial charge on any atom is 0.241 e. The highest BCUT2D eigenvalue weighted by molar-refractivity contribution is 5.85. The van der Waals surface area contributed by atoms with Gasteiger partial charge in [-0.2, -0.15) is 0 Å². The van der Waals surface area contributed by atoms with Gasteiger partial charge in [-0.25, -0.2) is 0 Å². The van der Waals surface area contributed by atoms with Gasteiger partial charge in [-0.05, 0) is 18.8 Å². The van der Waals surface area contributed by atoms with Crippen LogP contribution in [0.4, 0.5) is 0 Å². The summed E-state index contributed by atoms with van der Waals surface area (Å²) in [7, 11) is 5.06. The summed E-state index contributed by atoms with van der Waals surface area (Å²) < 4.78 is 0. The Morgan fingerprint density at radius 2 is 1.68 bits per heavy atom. The fourth-order valence-corrected chi connectivity index (χ4v) is 2.30. The lowest BCUT2D eigenvalue weighted by Gasteiger charge is -2.29. The topological polar surface area (TPSA) is 66.6 Å². The molecule has 2 amide bonds. The number of amides is 2. The van der Waals surface area contributed by atoms with Crippen LogP contribution in [0.15, 0.2) is 0 Å². The van der Waals surface area contributed by atoms with Crippen LogP contribution in [0.1, 0.15) is 32.1 Å². The molecule has 2 N–H and O–H groups in total. The summed E-state index contributed by atoms with van der Waals surface area (Å²) in [6.07, 6.45) is 4.84. The maximum atomic E-state index is 12.0. The van der Waals surface area contributed by atoms with Gasteiger partial charge >= 0.3 is 0 Å². The third kappa shape index (κ3) is 5.78. The second kappa shape index (κ2) is 8.38. The first-order valence-electron chi connectivity index (χ1n) is 6.61. The van der Waals surface area contributed by atoms with E-state index < -0.39 is 0 Å². The number of rotatable bonds is 4. The Morgan fingerprint density at radius 3 is 2.21 bits per heavy atom. The molecule has 0 bridgehead atoms. The Bertz CT molecular complexity index is 310. The van der Waals surface area contributed by atoms with Crippen molar-refractivity contribution in [3.8, 4) is 0 Å². The number of hydrogen-bond acceptors (Lipinski definition) is 3. The first-order valence-corrected chi connectivity index (χ1v) is 6.61. The van der Waals surface area contributed by atoms with Crippen LogP contribution in [0, 0.1) is 5.92 Å². The van der Waals surface area contributed by atoms with E-state index in [1.54, 1.807) is 21.1 Å². The Balaban J connectivity index is 0.00000324. The lowest BCUT2D eigenvalue weighted by atomic mass is 9.83. The van der Waals surface area contributed by atoms with E-state index >= 15 is 0 Å². The van der Waals surface area contributed by atoms with Crippen molar-refractivity contribution in [3.63, 3.8) is 0 Å². The van der Waals surface area contributed by atoms with Gasteiger partial charge < -0.3 is 15.5 Å². The molecule has 112 valence electrons. The summed E-state index contributed by atoms with van der Waals surface area (Å²) in [6.45, 7) is 0.147. The molecule has 5 nitrogen and oxygen atoms in total. The summed E-state index contributed by atoms with van der Waals surface area (Å²) in [5.41, 5.74) is 6.03. The molecular formula is C13H26ClN3O2. The number of hydrogen-bond donors (Lipinski definition) is 1. The second-order valence-corrected chi connectivity index (χ2v) is 5.45. The lowest BCUT2D eigenvalue weighted by molar-refractivity contribution is -0.138. The zero-order valence-corrected chi connectivity index (χ0v) is 12.9. The molecule has 0 spiro atoms. The molecule has 1 rings (SSSR count). The van der Waals surface area contributed by atoms with E-state index in [2.05, 4.69) is 0 Å². The first-order chi connectivity index (χ1) is 8.41. The summed E-state index contributed by atoms with van der Waals surface area (Å²) in [5, 5.41) is 0. The molecule has 0 heterocycles. The van der Waals surface area contributed by atoms with Crippen LogP contribution in [0.3, 0.4) is 0 Å². The second-order valence-electron chi connectivity index (χ2n) is 5.45. The molecule has 1 aliphatic rings. The number of likely N-dealkylation sites (N-methyl/N-ethyl adjacent to an activating group) is 2. The lowest BCUT2D eigenvalue weighted by Crippen LogP contribution is -2.41. The minimum atomic E-state index is -0.0567. The average molecular weight is 292 g/mol. The highest BCUT2D eigenvalue weighted by atomic mass is 35.5. The van der Waals surface area contributed by atoms with Gasteiger partial charge in [0.25, 0.3) is 0 Å². The molecule has 0 aromatic carbocycles. The van der Waals surface area contributed by atoms with Crippen molar-refractivity contribution in [3.05, 3.63) is 0 Å². The van der Waals surface area contributed by atoms with Crippen LogP contribution in [-0.2, 0) is 9.59 Å². The summed E-state index contributed by atoms with van der Waals surface area (Å²) in [6, 6.07) is 0.139. The molecule has 0 aromatic heterocycles. The Morgan fingerprint density at radius 1 is 1.11 bits per heavy atom. The fraction of sp³-hybridized carbons (Fsp3) is 0.846. The monoisotopic (exact) mass is 291 g/mol. The van der Waals surface area contributed by atoms with Crippen LogP contribution in [0.2, 0.25) is 0 Å². The third-order valence-electron chi connectivity index (χ3n) is 3.70. The smallest absolute Gasteiger partial charge is 0.241 e. The van der Waals surface area contributed by atoms with Crippen LogP contribution >= 0.6 is 12.4 Å². The van der Waals surface area contributed by atoms with Crippen molar-refractivity contribution in [2.75, 3.05) is 27.7 Å². The van der Waals surface area contributed by atoms with Gasteiger partial charge in [0, 0.05) is 33.6 Å². The van der Waals surface area contributed by atoms with Gasteiger partial charge in [-0.3, -0.25) is 9.59 Å². The minimum absolute atomic E-state index is 0. The molecule has 0 radical (unpaired) electrons. The molecule has 2 atom stereocenters. The minimum Gasteiger partial charge on any atom is -0.347 e. The molecule has 0 aliphatic heterocycles. The summed E-state index contributed by atoms with van der Waals surface area (Å²) in [4.78, 5) is 26.5. The van der Waals surface area contributed by atoms with E-state index in [0.717, 1.165) is 19.3 Å². The van der Waals surface area contributed by atoms with Crippen molar-refractivity contribution in [1.29, 1.82) is 0 Å². The molecule has 19 heavy (non-hydrogen) atoms. The van der Waals surface area contributed by atoms with E-state index in [4.69, 9.17) is 5.73 Å². The van der Waals surface area contributed by atoms with Gasteiger partial charge in [-0.1, -0.05) is 12.8 Å². The fourth-order valence-electron chi connectivity index (χ4n) is 2.30. The SMILES string of the molecule is CN(C)C(=O)CN(C)C(=O)CC1CCCCC1N.Cl. The molecular weight excluding hydrogens is 266 g/mol. The third-order valence-corrected chi connectivity index (χ3v) is 3.70. The molecule has 2 unspecified atom stereocenters. The predicted octanol–water partition coefficient (Wildman–Crippen LogP) is 0.862. The zero-order valence-electron chi connectivity index (χ0n) is 12.1. The number of nitrogens with zero attached hydrogens (tertiary/aromatic N) is 2. The van der Waals surface area contributed by atoms with E-state index in [9.17, 15) is 9.59 Å². The van der Waals surface area contributed by atoms with Crippen molar-refractivity contribution < 1.29 is 9.59 Å². The largest absolute Gasteiger partial charge is 0.347 e. The van der Waals surface area contributed by atoms with E-state index in [0.29, 0.717) is 6.42 Å². The van der Waals surface area contributed by atoms with Gasteiger partial charge in [0.1, 0.15) is 0 Å². The number of carbonyl (C=O) groups is 2. The van der Waals surface area contributed by atoms with Crippen molar-refractivity contribution in [1.82, 2.24) is 9.80 Å². The maximum absolute atomic E-state index is 12.0. The summed E-state index contributed by atoms with van der Waals surface area (Å²) >= 11 is 0. The van der Waals surface area contributed by atoms with Gasteiger partial charge in [0.15, 0.2) is 0 Å². The Kier molecular flexibility index (Phi) is 8.02. The molecule has 1 fully saturated rings. The quantitative estimate of drug-likeness (QED) is 0.835. The highest BCUT2D eigenvalue weighted by Gasteiger charge is 2.26. The molecule has 1 saturated carbocycles. The Labute approximate surface area is 121 Å². The molecule has 0 aromatic rings. The first kappa shape index (κ1) is 18.2. The van der Waals surface area contributed by atoms with E-state index in [-0.39, 0.29) is 42.7 Å². The molecule has 0 saturated heterocycles. The average Bonchev–Trinajstić information content (AvgIpc) is 2.31. The van der Waals surface area contributed by atoms with Gasteiger partial charge in [0.2, 0.25) is 11.8 Å². The van der Waals surface area contributed by atoms with Crippen molar-refractivity contribution >= 4 is 24.2 Å². The van der Waals surface area contributed by atoms with E-state index in [1.807, 2.05) is 0 Å². The number of nitrogens with two attached hydrogens (primary N) is 1. The molecule has 1 aliphatic carbocycles. The summed E-state index contributed by atoms with van der Waals surface area (Å²) in [5.74, 6) is 0.245. The zero-order chi connectivity index (χ0) is 13.7. The number of carbonyl (C=O) groups excluding carboxylic acids is 2. The normalized spacial score (nSPS) is 22.3. The van der Waals surface area contributed by atoms with Crippen LogP contribution in [0.25, 0.3) is 0 Å².